The molecule has 1 aliphatic heterocycles. The van der Waals surface area contributed by atoms with Crippen LogP contribution in [0.5, 0.6) is 0 Å². The summed E-state index contributed by atoms with van der Waals surface area (Å²) in [7, 11) is 0. The smallest absolute Gasteiger partial charge is 0.335 e. The van der Waals surface area contributed by atoms with Gasteiger partial charge in [0, 0.05) is 10.6 Å². The van der Waals surface area contributed by atoms with Crippen molar-refractivity contribution in [2.75, 3.05) is 12.4 Å². The molecular weight excluding hydrogens is 336 g/mol. The van der Waals surface area contributed by atoms with Crippen LogP contribution in [0.2, 0.25) is 0 Å². The number of thioether (sulfide) groups is 1. The Hall–Kier alpha value is -1.28. The third-order valence-electron chi connectivity index (χ3n) is 3.75. The van der Waals surface area contributed by atoms with E-state index in [9.17, 15) is 27.5 Å². The molecule has 0 radical (unpaired) electrons. The SMILES string of the molecule is Cc1cc(C(=O)O)c(C)c2c1SCCC2OCC(F)(F)C(F)F. The maximum Gasteiger partial charge on any atom is 0.335 e. The van der Waals surface area contributed by atoms with E-state index in [-0.39, 0.29) is 5.56 Å². The summed E-state index contributed by atoms with van der Waals surface area (Å²) in [4.78, 5) is 12.1. The van der Waals surface area contributed by atoms with Crippen LogP contribution in [0.25, 0.3) is 0 Å². The van der Waals surface area contributed by atoms with Crippen molar-refractivity contribution >= 4 is 17.7 Å². The molecule has 0 amide bonds. The minimum absolute atomic E-state index is 0.0676. The maximum absolute atomic E-state index is 13.1. The standard InChI is InChI=1S/C15H16F4O3S/c1-7-5-9(13(20)21)8(2)11-10(3-4-23-12(7)11)22-6-15(18,19)14(16)17/h5,10,14H,3-4,6H2,1-2H3,(H,20,21). The second-order valence-electron chi connectivity index (χ2n) is 5.41. The predicted molar refractivity (Wildman–Crippen MR) is 77.9 cm³/mol. The van der Waals surface area contributed by atoms with Crippen LogP contribution in [0.15, 0.2) is 11.0 Å². The fourth-order valence-corrected chi connectivity index (χ4v) is 3.84. The number of aryl methyl sites for hydroxylation is 1. The van der Waals surface area contributed by atoms with Gasteiger partial charge in [-0.2, -0.15) is 8.78 Å². The van der Waals surface area contributed by atoms with Gasteiger partial charge in [0.05, 0.1) is 11.7 Å². The van der Waals surface area contributed by atoms with Crippen molar-refractivity contribution in [2.24, 2.45) is 0 Å². The maximum atomic E-state index is 13.1. The molecule has 0 saturated heterocycles. The van der Waals surface area contributed by atoms with Gasteiger partial charge in [-0.25, -0.2) is 13.6 Å². The first kappa shape index (κ1) is 18.1. The first-order chi connectivity index (χ1) is 10.6. The molecule has 1 unspecified atom stereocenters. The average Bonchev–Trinajstić information content (AvgIpc) is 2.48. The molecule has 2 rings (SSSR count). The number of alkyl halides is 4. The summed E-state index contributed by atoms with van der Waals surface area (Å²) in [6, 6.07) is 1.53. The first-order valence-corrected chi connectivity index (χ1v) is 7.91. The van der Waals surface area contributed by atoms with Gasteiger partial charge in [-0.3, -0.25) is 0 Å². The Morgan fingerprint density at radius 3 is 2.70 bits per heavy atom. The highest BCUT2D eigenvalue weighted by Gasteiger charge is 2.42. The second-order valence-corrected chi connectivity index (χ2v) is 6.52. The van der Waals surface area contributed by atoms with Crippen LogP contribution in [0.1, 0.15) is 39.6 Å². The first-order valence-electron chi connectivity index (χ1n) is 6.93. The minimum Gasteiger partial charge on any atom is -0.478 e. The Labute approximate surface area is 135 Å². The summed E-state index contributed by atoms with van der Waals surface area (Å²) < 4.78 is 55.8. The molecule has 23 heavy (non-hydrogen) atoms. The quantitative estimate of drug-likeness (QED) is 0.795. The van der Waals surface area contributed by atoms with Crippen LogP contribution < -0.4 is 0 Å². The molecule has 0 fully saturated rings. The van der Waals surface area contributed by atoms with Crippen LogP contribution in [0.4, 0.5) is 17.6 Å². The zero-order valence-electron chi connectivity index (χ0n) is 12.5. The van der Waals surface area contributed by atoms with Gasteiger partial charge in [0.15, 0.2) is 0 Å². The zero-order chi connectivity index (χ0) is 17.4. The van der Waals surface area contributed by atoms with Gasteiger partial charge in [-0.05, 0) is 43.0 Å². The fourth-order valence-electron chi connectivity index (χ4n) is 2.57. The molecule has 0 bridgehead atoms. The molecule has 128 valence electrons. The molecule has 1 aromatic carbocycles. The Morgan fingerprint density at radius 2 is 2.13 bits per heavy atom. The van der Waals surface area contributed by atoms with Gasteiger partial charge in [-0.1, -0.05) is 0 Å². The number of aromatic carboxylic acids is 1. The van der Waals surface area contributed by atoms with Crippen LogP contribution in [-0.4, -0.2) is 35.8 Å². The van der Waals surface area contributed by atoms with Crippen LogP contribution in [0.3, 0.4) is 0 Å². The number of carbonyl (C=O) groups is 1. The summed E-state index contributed by atoms with van der Waals surface area (Å²) in [6.07, 6.45) is -4.25. The van der Waals surface area contributed by atoms with Crippen LogP contribution in [0, 0.1) is 13.8 Å². The van der Waals surface area contributed by atoms with Crippen LogP contribution in [-0.2, 0) is 4.74 Å². The van der Waals surface area contributed by atoms with Crippen LogP contribution >= 0.6 is 11.8 Å². The fraction of sp³-hybridized carbons (Fsp3) is 0.533. The topological polar surface area (TPSA) is 46.5 Å². The van der Waals surface area contributed by atoms with Crippen molar-refractivity contribution in [3.8, 4) is 0 Å². The van der Waals surface area contributed by atoms with E-state index in [4.69, 9.17) is 4.74 Å². The molecule has 0 aromatic heterocycles. The van der Waals surface area contributed by atoms with Gasteiger partial charge in [-0.15, -0.1) is 11.8 Å². The Kier molecular flexibility index (Phi) is 5.25. The predicted octanol–water partition coefficient (Wildman–Crippen LogP) is 4.46. The number of carboxylic acid groups (broad SMARTS) is 1. The number of halogens is 4. The lowest BCUT2D eigenvalue weighted by molar-refractivity contribution is -0.177. The van der Waals surface area contributed by atoms with E-state index in [2.05, 4.69) is 0 Å². The van der Waals surface area contributed by atoms with E-state index in [0.717, 1.165) is 4.90 Å². The molecule has 1 atom stereocenters. The summed E-state index contributed by atoms with van der Waals surface area (Å²) in [5.41, 5.74) is 1.72. The number of benzene rings is 1. The van der Waals surface area contributed by atoms with E-state index >= 15 is 0 Å². The lowest BCUT2D eigenvalue weighted by atomic mass is 9.93. The molecule has 8 heteroatoms. The number of hydrogen-bond acceptors (Lipinski definition) is 3. The number of ether oxygens (including phenoxy) is 1. The number of hydrogen-bond donors (Lipinski definition) is 1. The molecule has 1 N–H and O–H groups in total. The van der Waals surface area contributed by atoms with Crippen molar-refractivity contribution in [2.45, 2.75) is 43.6 Å². The van der Waals surface area contributed by atoms with Crippen molar-refractivity contribution in [3.63, 3.8) is 0 Å². The highest BCUT2D eigenvalue weighted by Crippen LogP contribution is 2.43. The zero-order valence-corrected chi connectivity index (χ0v) is 13.4. The Bertz CT molecular complexity index is 619. The Balaban J connectivity index is 2.36. The van der Waals surface area contributed by atoms with Gasteiger partial charge < -0.3 is 9.84 Å². The molecule has 1 heterocycles. The molecule has 0 aliphatic carbocycles. The normalized spacial score (nSPS) is 18.1. The minimum atomic E-state index is -4.22. The summed E-state index contributed by atoms with van der Waals surface area (Å²) >= 11 is 1.48. The molecule has 1 aromatic rings. The van der Waals surface area contributed by atoms with E-state index in [1.807, 2.05) is 0 Å². The van der Waals surface area contributed by atoms with Crippen molar-refractivity contribution in [1.29, 1.82) is 0 Å². The third-order valence-corrected chi connectivity index (χ3v) is 5.02. The molecule has 0 spiro atoms. The van der Waals surface area contributed by atoms with Crippen molar-refractivity contribution in [1.82, 2.24) is 0 Å². The van der Waals surface area contributed by atoms with Crippen molar-refractivity contribution < 1.29 is 32.2 Å². The number of carboxylic acids is 1. The Morgan fingerprint density at radius 1 is 1.48 bits per heavy atom. The lowest BCUT2D eigenvalue weighted by Crippen LogP contribution is -2.33. The van der Waals surface area contributed by atoms with Gasteiger partial charge in [0.25, 0.3) is 0 Å². The second kappa shape index (κ2) is 6.68. The highest BCUT2D eigenvalue weighted by molar-refractivity contribution is 7.99. The molecule has 1 aliphatic rings. The monoisotopic (exact) mass is 352 g/mol. The molecular formula is C15H16F4O3S. The molecule has 0 saturated carbocycles. The molecule has 3 nitrogen and oxygen atoms in total. The van der Waals surface area contributed by atoms with Gasteiger partial charge >= 0.3 is 18.3 Å². The van der Waals surface area contributed by atoms with Crippen molar-refractivity contribution in [3.05, 3.63) is 28.3 Å². The summed E-state index contributed by atoms with van der Waals surface area (Å²) in [5.74, 6) is -4.76. The van der Waals surface area contributed by atoms with E-state index in [0.29, 0.717) is 28.9 Å². The lowest BCUT2D eigenvalue weighted by Gasteiger charge is -2.30. The summed E-state index contributed by atoms with van der Waals surface area (Å²) in [6.45, 7) is 1.91. The van der Waals surface area contributed by atoms with Gasteiger partial charge in [0.1, 0.15) is 6.61 Å². The average molecular weight is 352 g/mol. The van der Waals surface area contributed by atoms with Gasteiger partial charge in [0.2, 0.25) is 0 Å². The van der Waals surface area contributed by atoms with E-state index in [1.54, 1.807) is 13.8 Å². The number of rotatable bonds is 5. The highest BCUT2D eigenvalue weighted by atomic mass is 32.2. The van der Waals surface area contributed by atoms with E-state index < -0.39 is 31.0 Å². The van der Waals surface area contributed by atoms with E-state index in [1.165, 1.54) is 17.8 Å². The summed E-state index contributed by atoms with van der Waals surface area (Å²) in [5, 5.41) is 9.24. The number of fused-ring (bicyclic) bond motifs is 1. The largest absolute Gasteiger partial charge is 0.478 e. The third kappa shape index (κ3) is 3.63.